The number of carbonyl (C=O) groups is 1. The predicted molar refractivity (Wildman–Crippen MR) is 67.3 cm³/mol. The minimum Gasteiger partial charge on any atom is -0.480 e. The molecule has 0 amide bonds. The van der Waals surface area contributed by atoms with E-state index in [9.17, 15) is 9.90 Å². The van der Waals surface area contributed by atoms with Gasteiger partial charge in [0.05, 0.1) is 0 Å². The molecule has 86 valence electrons. The van der Waals surface area contributed by atoms with E-state index in [1.54, 1.807) is 19.1 Å². The number of nitrogens with one attached hydrogen (secondary N) is 1. The van der Waals surface area contributed by atoms with Crippen molar-refractivity contribution in [2.75, 3.05) is 6.54 Å². The molecular formula is C12H14BrNO2. The average molecular weight is 284 g/mol. The summed E-state index contributed by atoms with van der Waals surface area (Å²) in [6.45, 7) is 5.64. The number of aliphatic carboxylic acids is 1. The van der Waals surface area contributed by atoms with Gasteiger partial charge in [-0.1, -0.05) is 40.2 Å². The molecule has 0 fully saturated rings. The Morgan fingerprint density at radius 1 is 1.62 bits per heavy atom. The van der Waals surface area contributed by atoms with Crippen molar-refractivity contribution in [1.82, 2.24) is 5.32 Å². The normalized spacial score (nSPS) is 14.1. The van der Waals surface area contributed by atoms with Gasteiger partial charge < -0.3 is 5.11 Å². The van der Waals surface area contributed by atoms with Crippen LogP contribution in [0, 0.1) is 0 Å². The SMILES string of the molecule is C=CCNC(C)(C(=O)O)c1ccccc1Br. The first kappa shape index (κ1) is 12.9. The molecule has 0 saturated carbocycles. The first-order chi connectivity index (χ1) is 7.52. The lowest BCUT2D eigenvalue weighted by Crippen LogP contribution is -2.46. The largest absolute Gasteiger partial charge is 0.480 e. The Morgan fingerprint density at radius 3 is 2.75 bits per heavy atom. The Labute approximate surface area is 103 Å². The van der Waals surface area contributed by atoms with E-state index in [0.29, 0.717) is 12.1 Å². The lowest BCUT2D eigenvalue weighted by atomic mass is 9.92. The molecule has 0 saturated heterocycles. The molecule has 0 spiro atoms. The maximum Gasteiger partial charge on any atom is 0.328 e. The van der Waals surface area contributed by atoms with Crippen molar-refractivity contribution in [3.63, 3.8) is 0 Å². The highest BCUT2D eigenvalue weighted by Crippen LogP contribution is 2.28. The minimum absolute atomic E-state index is 0.435. The van der Waals surface area contributed by atoms with E-state index >= 15 is 0 Å². The van der Waals surface area contributed by atoms with Gasteiger partial charge in [-0.25, -0.2) is 4.79 Å². The van der Waals surface area contributed by atoms with Crippen molar-refractivity contribution in [2.24, 2.45) is 0 Å². The Balaban J connectivity index is 3.16. The maximum absolute atomic E-state index is 11.4. The van der Waals surface area contributed by atoms with Crippen LogP contribution in [0.5, 0.6) is 0 Å². The molecule has 1 atom stereocenters. The zero-order chi connectivity index (χ0) is 12.2. The van der Waals surface area contributed by atoms with Gasteiger partial charge in [0.1, 0.15) is 5.54 Å². The molecule has 0 radical (unpaired) electrons. The van der Waals surface area contributed by atoms with E-state index in [4.69, 9.17) is 0 Å². The second kappa shape index (κ2) is 5.27. The summed E-state index contributed by atoms with van der Waals surface area (Å²) in [6, 6.07) is 7.28. The van der Waals surface area contributed by atoms with Gasteiger partial charge in [0.15, 0.2) is 0 Å². The summed E-state index contributed by atoms with van der Waals surface area (Å²) in [4.78, 5) is 11.4. The second-order valence-corrected chi connectivity index (χ2v) is 4.43. The first-order valence-electron chi connectivity index (χ1n) is 4.86. The summed E-state index contributed by atoms with van der Waals surface area (Å²) in [5.74, 6) is -0.916. The Kier molecular flexibility index (Phi) is 4.26. The quantitative estimate of drug-likeness (QED) is 0.817. The number of hydrogen-bond donors (Lipinski definition) is 2. The average Bonchev–Trinajstić information content (AvgIpc) is 2.26. The highest BCUT2D eigenvalue weighted by molar-refractivity contribution is 9.10. The number of benzene rings is 1. The highest BCUT2D eigenvalue weighted by Gasteiger charge is 2.35. The van der Waals surface area contributed by atoms with E-state index < -0.39 is 11.5 Å². The number of carboxylic acid groups (broad SMARTS) is 1. The van der Waals surface area contributed by atoms with Gasteiger partial charge >= 0.3 is 5.97 Å². The monoisotopic (exact) mass is 283 g/mol. The summed E-state index contributed by atoms with van der Waals surface area (Å²) in [7, 11) is 0. The third kappa shape index (κ3) is 2.51. The van der Waals surface area contributed by atoms with Gasteiger partial charge in [-0.3, -0.25) is 5.32 Å². The van der Waals surface area contributed by atoms with Gasteiger partial charge in [-0.15, -0.1) is 6.58 Å². The summed E-state index contributed by atoms with van der Waals surface area (Å²) in [6.07, 6.45) is 1.64. The van der Waals surface area contributed by atoms with Gasteiger partial charge in [0.25, 0.3) is 0 Å². The van der Waals surface area contributed by atoms with Crippen LogP contribution >= 0.6 is 15.9 Å². The van der Waals surface area contributed by atoms with Gasteiger partial charge in [-0.05, 0) is 18.6 Å². The Morgan fingerprint density at radius 2 is 2.25 bits per heavy atom. The van der Waals surface area contributed by atoms with Crippen LogP contribution in [0.15, 0.2) is 41.4 Å². The zero-order valence-electron chi connectivity index (χ0n) is 9.03. The van der Waals surface area contributed by atoms with Crippen LogP contribution in [-0.2, 0) is 10.3 Å². The fourth-order valence-corrected chi connectivity index (χ4v) is 2.11. The molecule has 0 aliphatic heterocycles. The number of hydrogen-bond acceptors (Lipinski definition) is 2. The van der Waals surface area contributed by atoms with Gasteiger partial charge in [0.2, 0.25) is 0 Å². The van der Waals surface area contributed by atoms with Crippen LogP contribution in [0.1, 0.15) is 12.5 Å². The van der Waals surface area contributed by atoms with E-state index in [0.717, 1.165) is 4.47 Å². The summed E-state index contributed by atoms with van der Waals surface area (Å²) >= 11 is 3.36. The van der Waals surface area contributed by atoms with E-state index in [1.165, 1.54) is 0 Å². The molecule has 4 heteroatoms. The minimum atomic E-state index is -1.12. The third-order valence-corrected chi connectivity index (χ3v) is 3.13. The molecule has 3 nitrogen and oxygen atoms in total. The molecule has 1 aromatic rings. The zero-order valence-corrected chi connectivity index (χ0v) is 10.6. The van der Waals surface area contributed by atoms with Crippen LogP contribution < -0.4 is 5.32 Å². The van der Waals surface area contributed by atoms with E-state index in [1.807, 2.05) is 18.2 Å². The fraction of sp³-hybridized carbons (Fsp3) is 0.250. The Bertz CT molecular complexity index is 406. The second-order valence-electron chi connectivity index (χ2n) is 3.58. The van der Waals surface area contributed by atoms with Crippen molar-refractivity contribution in [3.8, 4) is 0 Å². The predicted octanol–water partition coefficient (Wildman–Crippen LogP) is 2.52. The lowest BCUT2D eigenvalue weighted by molar-refractivity contribution is -0.144. The topological polar surface area (TPSA) is 49.3 Å². The third-order valence-electron chi connectivity index (χ3n) is 2.44. The van der Waals surface area contributed by atoms with Crippen LogP contribution in [-0.4, -0.2) is 17.6 Å². The molecular weight excluding hydrogens is 270 g/mol. The van der Waals surface area contributed by atoms with Crippen LogP contribution in [0.25, 0.3) is 0 Å². The maximum atomic E-state index is 11.4. The molecule has 0 aliphatic carbocycles. The first-order valence-corrected chi connectivity index (χ1v) is 5.66. The molecule has 2 N–H and O–H groups in total. The Hall–Kier alpha value is -1.13. The van der Waals surface area contributed by atoms with Gasteiger partial charge in [-0.2, -0.15) is 0 Å². The number of halogens is 1. The fourth-order valence-electron chi connectivity index (χ4n) is 1.43. The van der Waals surface area contributed by atoms with Crippen LogP contribution in [0.3, 0.4) is 0 Å². The summed E-state index contributed by atoms with van der Waals surface area (Å²) in [5, 5.41) is 12.3. The van der Waals surface area contributed by atoms with Gasteiger partial charge in [0, 0.05) is 11.0 Å². The molecule has 1 aromatic carbocycles. The van der Waals surface area contributed by atoms with E-state index in [-0.39, 0.29) is 0 Å². The van der Waals surface area contributed by atoms with Crippen LogP contribution in [0.2, 0.25) is 0 Å². The molecule has 0 heterocycles. The molecule has 0 aromatic heterocycles. The van der Waals surface area contributed by atoms with E-state index in [2.05, 4.69) is 27.8 Å². The molecule has 1 rings (SSSR count). The van der Waals surface area contributed by atoms with Crippen LogP contribution in [0.4, 0.5) is 0 Å². The summed E-state index contributed by atoms with van der Waals surface area (Å²) < 4.78 is 0.775. The number of carboxylic acids is 1. The van der Waals surface area contributed by atoms with Crippen molar-refractivity contribution in [1.29, 1.82) is 0 Å². The highest BCUT2D eigenvalue weighted by atomic mass is 79.9. The standard InChI is InChI=1S/C12H14BrNO2/c1-3-8-14-12(2,11(15)16)9-6-4-5-7-10(9)13/h3-7,14H,1,8H2,2H3,(H,15,16). The summed E-state index contributed by atoms with van der Waals surface area (Å²) in [5.41, 5.74) is -0.418. The molecule has 0 aliphatic rings. The van der Waals surface area contributed by atoms with Crippen molar-refractivity contribution < 1.29 is 9.90 Å². The molecule has 0 bridgehead atoms. The van der Waals surface area contributed by atoms with Crippen molar-refractivity contribution in [2.45, 2.75) is 12.5 Å². The molecule has 16 heavy (non-hydrogen) atoms. The van der Waals surface area contributed by atoms with Crippen molar-refractivity contribution in [3.05, 3.63) is 47.0 Å². The smallest absolute Gasteiger partial charge is 0.328 e. The number of rotatable bonds is 5. The molecule has 1 unspecified atom stereocenters. The van der Waals surface area contributed by atoms with Crippen molar-refractivity contribution >= 4 is 21.9 Å². The lowest BCUT2D eigenvalue weighted by Gasteiger charge is -2.27.